The number of hydrogen-bond acceptors (Lipinski definition) is 8. The Hall–Kier alpha value is -2.55. The number of hydrogen-bond donors (Lipinski definition) is 0. The Bertz CT molecular complexity index is 1070. The molecular weight excluding hydrogens is 641 g/mol. The van der Waals surface area contributed by atoms with Gasteiger partial charge in [0.2, 0.25) is 0 Å². The van der Waals surface area contributed by atoms with Gasteiger partial charge in [-0.05, 0) is 57.8 Å². The number of allylic oxidation sites excluding steroid dienone is 12. The molecule has 0 saturated heterocycles. The van der Waals surface area contributed by atoms with Crippen LogP contribution >= 0.6 is 7.82 Å². The molecule has 0 aliphatic carbocycles. The van der Waals surface area contributed by atoms with Crippen LogP contribution < -0.4 is 4.89 Å². The van der Waals surface area contributed by atoms with Crippen LogP contribution in [0.15, 0.2) is 72.9 Å². The van der Waals surface area contributed by atoms with E-state index in [1.807, 2.05) is 57.6 Å². The van der Waals surface area contributed by atoms with E-state index in [-0.39, 0.29) is 26.1 Å². The van der Waals surface area contributed by atoms with Crippen LogP contribution in [0.1, 0.15) is 110 Å². The minimum atomic E-state index is -4.63. The molecule has 0 radical (unpaired) electrons. The first-order valence-corrected chi connectivity index (χ1v) is 19.7. The fourth-order valence-electron chi connectivity index (χ4n) is 4.23. The van der Waals surface area contributed by atoms with Crippen molar-refractivity contribution in [2.24, 2.45) is 0 Å². The van der Waals surface area contributed by atoms with Gasteiger partial charge in [0.1, 0.15) is 19.8 Å². The first-order chi connectivity index (χ1) is 23.5. The quantitative estimate of drug-likeness (QED) is 0.0176. The van der Waals surface area contributed by atoms with Crippen molar-refractivity contribution in [2.75, 3.05) is 47.5 Å². The molecular formula is C39H66NO8P. The fourth-order valence-corrected chi connectivity index (χ4v) is 4.96. The van der Waals surface area contributed by atoms with Crippen LogP contribution in [0.4, 0.5) is 0 Å². The second-order valence-electron chi connectivity index (χ2n) is 12.9. The number of unbranched alkanes of at least 4 members (excludes halogenated alkanes) is 8. The number of carbonyl (C=O) groups excluding carboxylic acids is 2. The lowest BCUT2D eigenvalue weighted by Crippen LogP contribution is -2.37. The number of carbonyl (C=O) groups is 2. The molecule has 0 bridgehead atoms. The SMILES string of the molecule is CC/C=C/C=C/C=C/C=C/CCCCCC(=O)OC(COC(=O)CCCCCCC/C=C/C/C=C/CC)COP(=O)([O-])OCC[N+](C)(C)C. The smallest absolute Gasteiger partial charge is 0.306 e. The molecule has 0 aliphatic heterocycles. The van der Waals surface area contributed by atoms with Gasteiger partial charge in [0.15, 0.2) is 6.10 Å². The summed E-state index contributed by atoms with van der Waals surface area (Å²) in [4.78, 5) is 37.2. The Labute approximate surface area is 298 Å². The molecule has 0 saturated carbocycles. The molecule has 280 valence electrons. The van der Waals surface area contributed by atoms with Gasteiger partial charge in [-0.2, -0.15) is 0 Å². The van der Waals surface area contributed by atoms with Gasteiger partial charge in [0.25, 0.3) is 7.82 Å². The molecule has 2 unspecified atom stereocenters. The van der Waals surface area contributed by atoms with Crippen molar-refractivity contribution in [3.8, 4) is 0 Å². The van der Waals surface area contributed by atoms with E-state index in [1.165, 1.54) is 0 Å². The van der Waals surface area contributed by atoms with Gasteiger partial charge in [-0.25, -0.2) is 0 Å². The molecule has 49 heavy (non-hydrogen) atoms. The summed E-state index contributed by atoms with van der Waals surface area (Å²) in [5.74, 6) is -0.910. The summed E-state index contributed by atoms with van der Waals surface area (Å²) in [6.07, 6.45) is 36.5. The van der Waals surface area contributed by atoms with Gasteiger partial charge in [0.05, 0.1) is 27.7 Å². The molecule has 0 spiro atoms. The first kappa shape index (κ1) is 46.5. The van der Waals surface area contributed by atoms with Crippen molar-refractivity contribution < 1.29 is 42.1 Å². The summed E-state index contributed by atoms with van der Waals surface area (Å²) in [6, 6.07) is 0. The summed E-state index contributed by atoms with van der Waals surface area (Å²) in [5, 5.41) is 0. The second-order valence-corrected chi connectivity index (χ2v) is 14.3. The Morgan fingerprint density at radius 2 is 1.20 bits per heavy atom. The summed E-state index contributed by atoms with van der Waals surface area (Å²) in [7, 11) is 1.11. The van der Waals surface area contributed by atoms with E-state index in [1.54, 1.807) is 0 Å². The molecule has 9 nitrogen and oxygen atoms in total. The number of likely N-dealkylation sites (N-methyl/N-ethyl adjacent to an activating group) is 1. The predicted octanol–water partition coefficient (Wildman–Crippen LogP) is 8.88. The molecule has 0 aromatic heterocycles. The van der Waals surface area contributed by atoms with Gasteiger partial charge >= 0.3 is 11.9 Å². The lowest BCUT2D eigenvalue weighted by Gasteiger charge is -2.28. The number of nitrogens with zero attached hydrogens (tertiary/aromatic N) is 1. The summed E-state index contributed by atoms with van der Waals surface area (Å²) >= 11 is 0. The summed E-state index contributed by atoms with van der Waals surface area (Å²) in [5.41, 5.74) is 0. The number of esters is 2. The molecule has 0 N–H and O–H groups in total. The minimum absolute atomic E-state index is 0.0454. The normalized spacial score (nSPS) is 14.7. The molecule has 10 heteroatoms. The third kappa shape index (κ3) is 35.1. The number of phosphoric acid groups is 1. The molecule has 0 amide bonds. The van der Waals surface area contributed by atoms with Gasteiger partial charge < -0.3 is 27.9 Å². The standard InChI is InChI=1S/C39H66NO8P/c1-6-8-10-12-14-16-18-20-22-24-26-28-30-32-39(42)48-37(36-47-49(43,44)46-34-33-40(3,4)5)35-45-38(41)31-29-27-25-23-21-19-17-15-13-11-9-7-2/h8-12,14-18,20,22,37H,6-7,13,19,21,23-36H2,1-5H3/b10-8+,11-9+,14-12+,17-15+,18-16+,22-20+. The predicted molar refractivity (Wildman–Crippen MR) is 199 cm³/mol. The van der Waals surface area contributed by atoms with Crippen molar-refractivity contribution in [3.63, 3.8) is 0 Å². The third-order valence-corrected chi connectivity index (χ3v) is 8.03. The molecule has 0 aliphatic rings. The maximum absolute atomic E-state index is 12.6. The van der Waals surface area contributed by atoms with Gasteiger partial charge in [-0.3, -0.25) is 14.2 Å². The zero-order valence-corrected chi connectivity index (χ0v) is 32.0. The first-order valence-electron chi connectivity index (χ1n) is 18.2. The Morgan fingerprint density at radius 3 is 1.88 bits per heavy atom. The number of phosphoric ester groups is 1. The highest BCUT2D eigenvalue weighted by atomic mass is 31.2. The second kappa shape index (κ2) is 31.4. The van der Waals surface area contributed by atoms with Crippen molar-refractivity contribution >= 4 is 19.8 Å². The molecule has 0 fully saturated rings. The highest BCUT2D eigenvalue weighted by molar-refractivity contribution is 7.45. The topological polar surface area (TPSA) is 111 Å². The average molecular weight is 708 g/mol. The van der Waals surface area contributed by atoms with E-state index in [0.717, 1.165) is 70.6 Å². The average Bonchev–Trinajstić information content (AvgIpc) is 3.04. The van der Waals surface area contributed by atoms with Crippen molar-refractivity contribution in [1.82, 2.24) is 0 Å². The highest BCUT2D eigenvalue weighted by Gasteiger charge is 2.21. The number of ether oxygens (including phenoxy) is 2. The number of rotatable bonds is 31. The van der Waals surface area contributed by atoms with E-state index in [9.17, 15) is 19.0 Å². The highest BCUT2D eigenvalue weighted by Crippen LogP contribution is 2.38. The van der Waals surface area contributed by atoms with Crippen LogP contribution in [-0.4, -0.2) is 70.0 Å². The summed E-state index contributed by atoms with van der Waals surface area (Å²) < 4.78 is 33.6. The van der Waals surface area contributed by atoms with Crippen molar-refractivity contribution in [2.45, 2.75) is 116 Å². The zero-order chi connectivity index (χ0) is 36.5. The molecule has 0 heterocycles. The molecule has 0 aromatic carbocycles. The van der Waals surface area contributed by atoms with E-state index < -0.39 is 32.5 Å². The van der Waals surface area contributed by atoms with Crippen LogP contribution in [0.25, 0.3) is 0 Å². The zero-order valence-electron chi connectivity index (χ0n) is 31.1. The van der Waals surface area contributed by atoms with Crippen LogP contribution in [0.2, 0.25) is 0 Å². The van der Waals surface area contributed by atoms with Crippen LogP contribution in [0.5, 0.6) is 0 Å². The van der Waals surface area contributed by atoms with Gasteiger partial charge in [-0.15, -0.1) is 0 Å². The van der Waals surface area contributed by atoms with E-state index in [0.29, 0.717) is 23.9 Å². The van der Waals surface area contributed by atoms with Gasteiger partial charge in [0, 0.05) is 12.8 Å². The third-order valence-electron chi connectivity index (χ3n) is 7.07. The van der Waals surface area contributed by atoms with Crippen molar-refractivity contribution in [3.05, 3.63) is 72.9 Å². The lowest BCUT2D eigenvalue weighted by atomic mass is 10.1. The molecule has 0 rings (SSSR count). The Balaban J connectivity index is 4.58. The summed E-state index contributed by atoms with van der Waals surface area (Å²) in [6.45, 7) is 3.86. The number of quaternary nitrogens is 1. The van der Waals surface area contributed by atoms with Gasteiger partial charge in [-0.1, -0.05) is 112 Å². The maximum Gasteiger partial charge on any atom is 0.306 e. The lowest BCUT2D eigenvalue weighted by molar-refractivity contribution is -0.870. The minimum Gasteiger partial charge on any atom is -0.756 e. The van der Waals surface area contributed by atoms with Crippen molar-refractivity contribution in [1.29, 1.82) is 0 Å². The van der Waals surface area contributed by atoms with Crippen LogP contribution in [0, 0.1) is 0 Å². The van der Waals surface area contributed by atoms with E-state index in [4.69, 9.17) is 18.5 Å². The fraction of sp³-hybridized carbons (Fsp3) is 0.641. The Kier molecular flexibility index (Phi) is 29.8. The largest absolute Gasteiger partial charge is 0.756 e. The van der Waals surface area contributed by atoms with E-state index >= 15 is 0 Å². The van der Waals surface area contributed by atoms with Crippen LogP contribution in [-0.2, 0) is 32.7 Å². The van der Waals surface area contributed by atoms with E-state index in [2.05, 4.69) is 50.3 Å². The maximum atomic E-state index is 12.6. The molecule has 0 aromatic rings. The monoisotopic (exact) mass is 707 g/mol. The van der Waals surface area contributed by atoms with Crippen LogP contribution in [0.3, 0.4) is 0 Å². The Morgan fingerprint density at radius 1 is 0.653 bits per heavy atom. The molecule has 2 atom stereocenters.